The van der Waals surface area contributed by atoms with Crippen LogP contribution in [0.1, 0.15) is 19.8 Å². The summed E-state index contributed by atoms with van der Waals surface area (Å²) in [6.45, 7) is 2.87. The molecule has 102 valence electrons. The zero-order valence-corrected chi connectivity index (χ0v) is 12.0. The van der Waals surface area contributed by atoms with E-state index in [0.717, 1.165) is 6.26 Å². The first-order chi connectivity index (χ1) is 7.52. The van der Waals surface area contributed by atoms with E-state index >= 15 is 0 Å². The number of hydrogen-bond acceptors (Lipinski definition) is 5. The maximum Gasteiger partial charge on any atom is 0.264 e. The van der Waals surface area contributed by atoms with Gasteiger partial charge in [0.1, 0.15) is 0 Å². The second-order valence-electron chi connectivity index (χ2n) is 4.94. The molecule has 0 unspecified atom stereocenters. The second-order valence-corrected chi connectivity index (χ2v) is 8.57. The molecule has 6 nitrogen and oxygen atoms in total. The van der Waals surface area contributed by atoms with E-state index in [1.54, 1.807) is 0 Å². The number of sulfonamides is 1. The molecule has 17 heavy (non-hydrogen) atoms. The van der Waals surface area contributed by atoms with Gasteiger partial charge in [0.25, 0.3) is 10.1 Å². The van der Waals surface area contributed by atoms with Crippen molar-refractivity contribution < 1.29 is 21.0 Å². The maximum absolute atomic E-state index is 11.3. The molecule has 0 N–H and O–H groups in total. The summed E-state index contributed by atoms with van der Waals surface area (Å²) in [5.41, 5.74) is -0.274. The van der Waals surface area contributed by atoms with Crippen LogP contribution in [0.5, 0.6) is 0 Å². The molecule has 1 heterocycles. The van der Waals surface area contributed by atoms with Gasteiger partial charge in [-0.05, 0) is 18.3 Å². The average molecular weight is 285 g/mol. The van der Waals surface area contributed by atoms with Gasteiger partial charge in [-0.3, -0.25) is 4.18 Å². The van der Waals surface area contributed by atoms with Gasteiger partial charge >= 0.3 is 0 Å². The molecule has 0 bridgehead atoms. The van der Waals surface area contributed by atoms with Crippen molar-refractivity contribution in [1.29, 1.82) is 0 Å². The minimum Gasteiger partial charge on any atom is -0.270 e. The Hall–Kier alpha value is -0.180. The van der Waals surface area contributed by atoms with Gasteiger partial charge in [0, 0.05) is 13.1 Å². The molecule has 0 aromatic heterocycles. The second kappa shape index (κ2) is 4.83. The number of nitrogens with zero attached hydrogens (tertiary/aromatic N) is 1. The molecular weight excluding hydrogens is 266 g/mol. The Morgan fingerprint density at radius 3 is 1.94 bits per heavy atom. The van der Waals surface area contributed by atoms with Crippen LogP contribution in [0, 0.1) is 5.41 Å². The predicted molar refractivity (Wildman–Crippen MR) is 64.6 cm³/mol. The Labute approximate surface area is 103 Å². The van der Waals surface area contributed by atoms with Crippen LogP contribution in [-0.4, -0.2) is 53.3 Å². The molecular formula is C9H19NO5S2. The van der Waals surface area contributed by atoms with Crippen LogP contribution in [-0.2, 0) is 24.3 Å². The topological polar surface area (TPSA) is 80.8 Å². The van der Waals surface area contributed by atoms with Crippen molar-refractivity contribution in [3.63, 3.8) is 0 Å². The van der Waals surface area contributed by atoms with E-state index < -0.39 is 20.1 Å². The van der Waals surface area contributed by atoms with E-state index in [4.69, 9.17) is 4.18 Å². The molecule has 0 saturated carbocycles. The summed E-state index contributed by atoms with van der Waals surface area (Å²) in [5.74, 6) is 0. The Morgan fingerprint density at radius 1 is 1.12 bits per heavy atom. The summed E-state index contributed by atoms with van der Waals surface area (Å²) < 4.78 is 50.7. The third-order valence-corrected chi connectivity index (χ3v) is 4.87. The van der Waals surface area contributed by atoms with Crippen molar-refractivity contribution in [3.8, 4) is 0 Å². The lowest BCUT2D eigenvalue weighted by Gasteiger charge is -2.37. The minimum atomic E-state index is -3.44. The van der Waals surface area contributed by atoms with E-state index in [0.29, 0.717) is 25.9 Å². The van der Waals surface area contributed by atoms with Gasteiger partial charge in [0.15, 0.2) is 0 Å². The summed E-state index contributed by atoms with van der Waals surface area (Å²) in [7, 11) is -6.58. The third kappa shape index (κ3) is 4.90. The lowest BCUT2D eigenvalue weighted by atomic mass is 9.82. The molecule has 1 fully saturated rings. The number of hydrogen-bond donors (Lipinski definition) is 0. The maximum atomic E-state index is 11.3. The Morgan fingerprint density at radius 2 is 1.59 bits per heavy atom. The van der Waals surface area contributed by atoms with Gasteiger partial charge in [-0.1, -0.05) is 6.92 Å². The molecule has 0 radical (unpaired) electrons. The first-order valence-electron chi connectivity index (χ1n) is 5.31. The molecule has 8 heteroatoms. The molecule has 0 atom stereocenters. The van der Waals surface area contributed by atoms with E-state index in [9.17, 15) is 16.8 Å². The van der Waals surface area contributed by atoms with Crippen LogP contribution in [0.2, 0.25) is 0 Å². The van der Waals surface area contributed by atoms with Crippen molar-refractivity contribution in [2.45, 2.75) is 19.8 Å². The zero-order valence-electron chi connectivity index (χ0n) is 10.3. The molecule has 1 aliphatic rings. The first-order valence-corrected chi connectivity index (χ1v) is 8.98. The third-order valence-electron chi connectivity index (χ3n) is 3.02. The number of rotatable bonds is 4. The smallest absolute Gasteiger partial charge is 0.264 e. The van der Waals surface area contributed by atoms with Crippen LogP contribution in [0.4, 0.5) is 0 Å². The summed E-state index contributed by atoms with van der Waals surface area (Å²) in [4.78, 5) is 0. The van der Waals surface area contributed by atoms with Crippen LogP contribution in [0.3, 0.4) is 0 Å². The summed E-state index contributed by atoms with van der Waals surface area (Å²) in [6.07, 6.45) is 3.41. The van der Waals surface area contributed by atoms with E-state index in [1.807, 2.05) is 6.92 Å². The van der Waals surface area contributed by atoms with Crippen molar-refractivity contribution in [1.82, 2.24) is 4.31 Å². The standard InChI is InChI=1S/C9H19NO5S2/c1-9(8-15-17(3,13)14)4-6-10(7-5-9)16(2,11)12/h4-8H2,1-3H3. The largest absolute Gasteiger partial charge is 0.270 e. The molecule has 1 saturated heterocycles. The lowest BCUT2D eigenvalue weighted by Crippen LogP contribution is -2.43. The van der Waals surface area contributed by atoms with Crippen LogP contribution >= 0.6 is 0 Å². The Bertz CT molecular complexity index is 460. The van der Waals surface area contributed by atoms with E-state index in [-0.39, 0.29) is 12.0 Å². The quantitative estimate of drug-likeness (QED) is 0.680. The van der Waals surface area contributed by atoms with Gasteiger partial charge in [0.05, 0.1) is 19.1 Å². The highest BCUT2D eigenvalue weighted by molar-refractivity contribution is 7.88. The minimum absolute atomic E-state index is 0.115. The van der Waals surface area contributed by atoms with Crippen LogP contribution < -0.4 is 0 Å². The van der Waals surface area contributed by atoms with Crippen LogP contribution in [0.15, 0.2) is 0 Å². The predicted octanol–water partition coefficient (Wildman–Crippen LogP) is 0.0243. The van der Waals surface area contributed by atoms with Gasteiger partial charge in [-0.2, -0.15) is 8.42 Å². The lowest BCUT2D eigenvalue weighted by molar-refractivity contribution is 0.103. The Balaban J connectivity index is 2.56. The fraction of sp³-hybridized carbons (Fsp3) is 1.00. The van der Waals surface area contributed by atoms with Gasteiger partial charge in [0.2, 0.25) is 10.0 Å². The molecule has 0 aromatic rings. The van der Waals surface area contributed by atoms with Gasteiger partial charge < -0.3 is 0 Å². The van der Waals surface area contributed by atoms with Crippen molar-refractivity contribution in [3.05, 3.63) is 0 Å². The van der Waals surface area contributed by atoms with Gasteiger partial charge in [-0.25, -0.2) is 12.7 Å². The van der Waals surface area contributed by atoms with E-state index in [2.05, 4.69) is 0 Å². The summed E-state index contributed by atoms with van der Waals surface area (Å²) >= 11 is 0. The highest BCUT2D eigenvalue weighted by Crippen LogP contribution is 2.32. The van der Waals surface area contributed by atoms with E-state index in [1.165, 1.54) is 10.6 Å². The van der Waals surface area contributed by atoms with Crippen molar-refractivity contribution in [2.24, 2.45) is 5.41 Å². The fourth-order valence-electron chi connectivity index (χ4n) is 1.75. The van der Waals surface area contributed by atoms with Crippen molar-refractivity contribution >= 4 is 20.1 Å². The molecule has 0 amide bonds. The highest BCUT2D eigenvalue weighted by atomic mass is 32.2. The molecule has 1 rings (SSSR count). The summed E-state index contributed by atoms with van der Waals surface area (Å²) in [6, 6.07) is 0. The average Bonchev–Trinajstić information content (AvgIpc) is 2.13. The molecule has 0 aromatic carbocycles. The normalized spacial score (nSPS) is 22.5. The van der Waals surface area contributed by atoms with Crippen LogP contribution in [0.25, 0.3) is 0 Å². The molecule has 0 spiro atoms. The molecule has 0 aliphatic carbocycles. The van der Waals surface area contributed by atoms with Gasteiger partial charge in [-0.15, -0.1) is 0 Å². The summed E-state index contributed by atoms with van der Waals surface area (Å²) in [5, 5.41) is 0. The highest BCUT2D eigenvalue weighted by Gasteiger charge is 2.34. The Kier molecular flexibility index (Phi) is 4.23. The SMILES string of the molecule is CC1(COS(C)(=O)=O)CCN(S(C)(=O)=O)CC1. The molecule has 1 aliphatic heterocycles. The number of piperidine rings is 1. The van der Waals surface area contributed by atoms with Crippen molar-refractivity contribution in [2.75, 3.05) is 32.2 Å². The monoisotopic (exact) mass is 285 g/mol. The fourth-order valence-corrected chi connectivity index (χ4v) is 3.10. The zero-order chi connectivity index (χ0) is 13.3. The first kappa shape index (κ1) is 14.9.